The van der Waals surface area contributed by atoms with E-state index in [9.17, 15) is 4.79 Å². The second kappa shape index (κ2) is 6.35. The third kappa shape index (κ3) is 3.02. The van der Waals surface area contributed by atoms with Crippen molar-refractivity contribution in [3.63, 3.8) is 0 Å². The predicted octanol–water partition coefficient (Wildman–Crippen LogP) is 2.60. The number of benzene rings is 1. The maximum absolute atomic E-state index is 12.8. The van der Waals surface area contributed by atoms with Gasteiger partial charge in [-0.3, -0.25) is 4.79 Å². The van der Waals surface area contributed by atoms with Crippen LogP contribution in [0.25, 0.3) is 0 Å². The minimum atomic E-state index is -0.121. The molecule has 0 fully saturated rings. The van der Waals surface area contributed by atoms with Crippen LogP contribution in [0.1, 0.15) is 34.2 Å². The number of aromatic nitrogens is 2. The van der Waals surface area contributed by atoms with Crippen molar-refractivity contribution in [2.24, 2.45) is 0 Å². The molecule has 0 N–H and O–H groups in total. The van der Waals surface area contributed by atoms with Crippen LogP contribution in [0.3, 0.4) is 0 Å². The molecule has 0 radical (unpaired) electrons. The number of aryl methyl sites for hydroxylation is 2. The van der Waals surface area contributed by atoms with Gasteiger partial charge in [0.15, 0.2) is 5.78 Å². The second-order valence-electron chi connectivity index (χ2n) is 4.59. The van der Waals surface area contributed by atoms with Gasteiger partial charge in [0.2, 0.25) is 0 Å². The molecular weight excluding hydrogens is 268 g/mol. The Balaban J connectivity index is 2.52. The molecule has 0 saturated carbocycles. The van der Waals surface area contributed by atoms with Crippen molar-refractivity contribution in [2.45, 2.75) is 20.3 Å². The first-order valence-corrected chi connectivity index (χ1v) is 6.70. The average molecular weight is 286 g/mol. The first-order valence-electron chi connectivity index (χ1n) is 6.70. The van der Waals surface area contributed by atoms with Crippen molar-refractivity contribution in [2.75, 3.05) is 14.2 Å². The normalized spacial score (nSPS) is 10.3. The Morgan fingerprint density at radius 3 is 2.48 bits per heavy atom. The highest BCUT2D eigenvalue weighted by Crippen LogP contribution is 2.27. The molecule has 2 aromatic rings. The molecule has 21 heavy (non-hydrogen) atoms. The van der Waals surface area contributed by atoms with Gasteiger partial charge >= 0.3 is 0 Å². The van der Waals surface area contributed by atoms with Crippen LogP contribution in [-0.4, -0.2) is 30.2 Å². The van der Waals surface area contributed by atoms with E-state index in [1.165, 1.54) is 7.11 Å². The number of rotatable bonds is 5. The molecule has 5 heteroatoms. The van der Waals surface area contributed by atoms with E-state index < -0.39 is 0 Å². The number of methoxy groups -OCH3 is 2. The van der Waals surface area contributed by atoms with Gasteiger partial charge in [0.25, 0.3) is 0 Å². The lowest BCUT2D eigenvalue weighted by molar-refractivity contribution is 0.103. The van der Waals surface area contributed by atoms with Gasteiger partial charge in [-0.2, -0.15) is 10.2 Å². The van der Waals surface area contributed by atoms with Gasteiger partial charge in [-0.05, 0) is 31.5 Å². The summed E-state index contributed by atoms with van der Waals surface area (Å²) in [5, 5.41) is 8.10. The van der Waals surface area contributed by atoms with Crippen LogP contribution in [0.15, 0.2) is 24.3 Å². The maximum Gasteiger partial charge on any atom is 0.198 e. The fourth-order valence-electron chi connectivity index (χ4n) is 2.10. The highest BCUT2D eigenvalue weighted by Gasteiger charge is 2.19. The summed E-state index contributed by atoms with van der Waals surface area (Å²) in [5.74, 6) is 1.00. The number of hydrogen-bond acceptors (Lipinski definition) is 5. The van der Waals surface area contributed by atoms with Gasteiger partial charge in [-0.15, -0.1) is 0 Å². The van der Waals surface area contributed by atoms with Gasteiger partial charge in [0.1, 0.15) is 11.5 Å². The molecule has 0 aliphatic carbocycles. The molecular formula is C16H18N2O3. The van der Waals surface area contributed by atoms with Crippen molar-refractivity contribution in [1.82, 2.24) is 10.2 Å². The van der Waals surface area contributed by atoms with Crippen molar-refractivity contribution >= 4 is 5.78 Å². The Morgan fingerprint density at radius 2 is 1.86 bits per heavy atom. The third-order valence-electron chi connectivity index (χ3n) is 3.23. The lowest BCUT2D eigenvalue weighted by Gasteiger charge is -2.11. The predicted molar refractivity (Wildman–Crippen MR) is 79.1 cm³/mol. The zero-order valence-corrected chi connectivity index (χ0v) is 12.6. The molecule has 5 nitrogen and oxygen atoms in total. The summed E-state index contributed by atoms with van der Waals surface area (Å²) in [6, 6.07) is 6.90. The van der Waals surface area contributed by atoms with E-state index in [0.717, 1.165) is 0 Å². The minimum absolute atomic E-state index is 0.121. The summed E-state index contributed by atoms with van der Waals surface area (Å²) in [5.41, 5.74) is 2.44. The molecule has 1 aromatic heterocycles. The molecule has 0 aliphatic rings. The van der Waals surface area contributed by atoms with E-state index in [2.05, 4.69) is 10.2 Å². The number of nitrogens with zero attached hydrogens (tertiary/aromatic N) is 2. The fraction of sp³-hybridized carbons (Fsp3) is 0.312. The summed E-state index contributed by atoms with van der Waals surface area (Å²) in [6.07, 6.45) is 0.646. The molecule has 2 rings (SSSR count). The van der Waals surface area contributed by atoms with E-state index in [1.807, 2.05) is 13.8 Å². The second-order valence-corrected chi connectivity index (χ2v) is 4.59. The van der Waals surface area contributed by atoms with Crippen LogP contribution in [-0.2, 0) is 6.42 Å². The van der Waals surface area contributed by atoms with Gasteiger partial charge < -0.3 is 9.47 Å². The first kappa shape index (κ1) is 15.0. The van der Waals surface area contributed by atoms with Crippen molar-refractivity contribution < 1.29 is 14.3 Å². The maximum atomic E-state index is 12.8. The molecule has 0 amide bonds. The van der Waals surface area contributed by atoms with Gasteiger partial charge in [0, 0.05) is 11.6 Å². The van der Waals surface area contributed by atoms with Crippen molar-refractivity contribution in [3.05, 3.63) is 46.8 Å². The lowest BCUT2D eigenvalue weighted by atomic mass is 9.99. The zero-order chi connectivity index (χ0) is 15.4. The number of ketones is 1. The monoisotopic (exact) mass is 286 g/mol. The van der Waals surface area contributed by atoms with Gasteiger partial charge in [0.05, 0.1) is 31.2 Å². The Kier molecular flexibility index (Phi) is 4.52. The summed E-state index contributed by atoms with van der Waals surface area (Å²) >= 11 is 0. The summed E-state index contributed by atoms with van der Waals surface area (Å²) in [6.45, 7) is 3.76. The number of ether oxygens (including phenoxy) is 2. The van der Waals surface area contributed by atoms with E-state index in [-0.39, 0.29) is 5.78 Å². The smallest absolute Gasteiger partial charge is 0.198 e. The summed E-state index contributed by atoms with van der Waals surface area (Å²) < 4.78 is 10.4. The average Bonchev–Trinajstić information content (AvgIpc) is 2.53. The van der Waals surface area contributed by atoms with Crippen LogP contribution in [0.5, 0.6) is 11.5 Å². The summed E-state index contributed by atoms with van der Waals surface area (Å²) in [7, 11) is 3.10. The van der Waals surface area contributed by atoms with Crippen molar-refractivity contribution in [1.29, 1.82) is 0 Å². The SMILES string of the molecule is CCc1nnc(C)cc1C(=O)c1ccc(OC)cc1OC. The number of carbonyl (C=O) groups excluding carboxylic acids is 1. The van der Waals surface area contributed by atoms with E-state index in [1.54, 1.807) is 31.4 Å². The van der Waals surface area contributed by atoms with Crippen LogP contribution in [0.4, 0.5) is 0 Å². The van der Waals surface area contributed by atoms with Gasteiger partial charge in [-0.25, -0.2) is 0 Å². The number of hydrogen-bond donors (Lipinski definition) is 0. The Hall–Kier alpha value is -2.43. The molecule has 0 saturated heterocycles. The van der Waals surface area contributed by atoms with Crippen LogP contribution in [0, 0.1) is 6.92 Å². The van der Waals surface area contributed by atoms with Crippen LogP contribution < -0.4 is 9.47 Å². The molecule has 1 aromatic carbocycles. The standard InChI is InChI=1S/C16H18N2O3/c1-5-14-13(8-10(2)17-18-14)16(19)12-7-6-11(20-3)9-15(12)21-4/h6-9H,5H2,1-4H3. The van der Waals surface area contributed by atoms with Crippen molar-refractivity contribution in [3.8, 4) is 11.5 Å². The minimum Gasteiger partial charge on any atom is -0.497 e. The Labute approximate surface area is 123 Å². The third-order valence-corrected chi connectivity index (χ3v) is 3.23. The molecule has 0 aliphatic heterocycles. The fourth-order valence-corrected chi connectivity index (χ4v) is 2.10. The molecule has 0 bridgehead atoms. The molecule has 0 spiro atoms. The Morgan fingerprint density at radius 1 is 1.10 bits per heavy atom. The summed E-state index contributed by atoms with van der Waals surface area (Å²) in [4.78, 5) is 12.8. The zero-order valence-electron chi connectivity index (χ0n) is 12.6. The molecule has 0 atom stereocenters. The van der Waals surface area contributed by atoms with Crippen LogP contribution >= 0.6 is 0 Å². The first-order chi connectivity index (χ1) is 10.1. The topological polar surface area (TPSA) is 61.3 Å². The van der Waals surface area contributed by atoms with Crippen LogP contribution in [0.2, 0.25) is 0 Å². The molecule has 110 valence electrons. The number of carbonyl (C=O) groups is 1. The highest BCUT2D eigenvalue weighted by atomic mass is 16.5. The Bertz CT molecular complexity index is 669. The molecule has 0 unspecified atom stereocenters. The highest BCUT2D eigenvalue weighted by molar-refractivity contribution is 6.11. The lowest BCUT2D eigenvalue weighted by Crippen LogP contribution is -2.10. The largest absolute Gasteiger partial charge is 0.497 e. The molecule has 1 heterocycles. The quantitative estimate of drug-likeness (QED) is 0.791. The van der Waals surface area contributed by atoms with E-state index in [0.29, 0.717) is 40.4 Å². The van der Waals surface area contributed by atoms with E-state index >= 15 is 0 Å². The van der Waals surface area contributed by atoms with E-state index in [4.69, 9.17) is 9.47 Å². The van der Waals surface area contributed by atoms with Gasteiger partial charge in [-0.1, -0.05) is 6.92 Å².